The van der Waals surface area contributed by atoms with Crippen LogP contribution in [0.1, 0.15) is 46.0 Å². The predicted molar refractivity (Wildman–Crippen MR) is 52.9 cm³/mol. The van der Waals surface area contributed by atoms with Crippen LogP contribution in [-0.2, 0) is 14.6 Å². The fourth-order valence-corrected chi connectivity index (χ4v) is 1.02. The molecule has 0 aliphatic carbocycles. The summed E-state index contributed by atoms with van der Waals surface area (Å²) in [4.78, 5) is 20.2. The molecule has 1 atom stereocenters. The van der Waals surface area contributed by atoms with Crippen LogP contribution in [0.4, 0.5) is 0 Å². The molecule has 0 aromatic rings. The molecule has 0 rings (SSSR count). The van der Waals surface area contributed by atoms with Gasteiger partial charge in [-0.25, -0.2) is 14.6 Å². The van der Waals surface area contributed by atoms with Crippen molar-refractivity contribution in [2.24, 2.45) is 0 Å². The van der Waals surface area contributed by atoms with Gasteiger partial charge in [0.15, 0.2) is 6.10 Å². The molecule has 4 heteroatoms. The van der Waals surface area contributed by atoms with Crippen molar-refractivity contribution in [3.05, 3.63) is 0 Å². The summed E-state index contributed by atoms with van der Waals surface area (Å²) in [6, 6.07) is 0. The first-order valence-electron chi connectivity index (χ1n) is 5.23. The first-order chi connectivity index (χ1) is 6.72. The van der Waals surface area contributed by atoms with Crippen LogP contribution in [0, 0.1) is 0 Å². The van der Waals surface area contributed by atoms with Gasteiger partial charge >= 0.3 is 5.97 Å². The zero-order valence-corrected chi connectivity index (χ0v) is 8.99. The Hall–Kier alpha value is -0.610. The lowest BCUT2D eigenvalue weighted by Gasteiger charge is -2.10. The summed E-state index contributed by atoms with van der Waals surface area (Å²) >= 11 is 0. The van der Waals surface area contributed by atoms with Crippen LogP contribution in [-0.4, -0.2) is 23.8 Å². The van der Waals surface area contributed by atoms with Crippen LogP contribution in [0.25, 0.3) is 0 Å². The highest BCUT2D eigenvalue weighted by Crippen LogP contribution is 2.04. The van der Waals surface area contributed by atoms with Gasteiger partial charge in [-0.1, -0.05) is 33.1 Å². The fourth-order valence-electron chi connectivity index (χ4n) is 1.02. The summed E-state index contributed by atoms with van der Waals surface area (Å²) in [5.41, 5.74) is 0. The molecule has 0 amide bonds. The second kappa shape index (κ2) is 8.97. The SMILES string of the molecule is CCCCCOOC(CCC)C(=O)O. The van der Waals surface area contributed by atoms with Crippen molar-refractivity contribution >= 4 is 5.97 Å². The van der Waals surface area contributed by atoms with Crippen molar-refractivity contribution in [1.82, 2.24) is 0 Å². The molecule has 0 bridgehead atoms. The third-order valence-electron chi connectivity index (χ3n) is 1.84. The van der Waals surface area contributed by atoms with Crippen molar-refractivity contribution < 1.29 is 19.7 Å². The minimum Gasteiger partial charge on any atom is -0.479 e. The molecule has 0 aliphatic rings. The maximum Gasteiger partial charge on any atom is 0.336 e. The lowest BCUT2D eigenvalue weighted by molar-refractivity contribution is -0.321. The molecule has 0 heterocycles. The van der Waals surface area contributed by atoms with Gasteiger partial charge in [0.2, 0.25) is 0 Å². The number of carbonyl (C=O) groups is 1. The summed E-state index contributed by atoms with van der Waals surface area (Å²) in [6.45, 7) is 4.48. The van der Waals surface area contributed by atoms with Gasteiger partial charge in [0.05, 0.1) is 6.61 Å². The number of rotatable bonds is 9. The molecule has 4 nitrogen and oxygen atoms in total. The van der Waals surface area contributed by atoms with Gasteiger partial charge in [0.1, 0.15) is 0 Å². The van der Waals surface area contributed by atoms with Crippen LogP contribution in [0.5, 0.6) is 0 Å². The number of carboxylic acid groups (broad SMARTS) is 1. The minimum atomic E-state index is -0.956. The standard InChI is InChI=1S/C10H20O4/c1-3-5-6-8-13-14-9(7-4-2)10(11)12/h9H,3-8H2,1-2H3,(H,11,12). The van der Waals surface area contributed by atoms with Crippen LogP contribution >= 0.6 is 0 Å². The van der Waals surface area contributed by atoms with Crippen molar-refractivity contribution in [1.29, 1.82) is 0 Å². The number of hydrogen-bond acceptors (Lipinski definition) is 3. The molecule has 0 radical (unpaired) electrons. The van der Waals surface area contributed by atoms with Gasteiger partial charge in [-0.05, 0) is 12.8 Å². The van der Waals surface area contributed by atoms with Gasteiger partial charge in [0, 0.05) is 0 Å². The fraction of sp³-hybridized carbons (Fsp3) is 0.900. The largest absolute Gasteiger partial charge is 0.479 e. The molecule has 84 valence electrons. The Labute approximate surface area is 85.1 Å². The van der Waals surface area contributed by atoms with Gasteiger partial charge in [-0.2, -0.15) is 0 Å². The molecule has 0 saturated heterocycles. The highest BCUT2D eigenvalue weighted by molar-refractivity contribution is 5.72. The topological polar surface area (TPSA) is 55.8 Å². The van der Waals surface area contributed by atoms with Gasteiger partial charge < -0.3 is 5.11 Å². The highest BCUT2D eigenvalue weighted by atomic mass is 17.2. The Morgan fingerprint density at radius 3 is 2.50 bits per heavy atom. The normalized spacial score (nSPS) is 12.7. The molecule has 0 saturated carbocycles. The number of aliphatic carboxylic acids is 1. The Bertz CT molecular complexity index is 147. The van der Waals surface area contributed by atoms with E-state index in [1.807, 2.05) is 6.92 Å². The minimum absolute atomic E-state index is 0.474. The highest BCUT2D eigenvalue weighted by Gasteiger charge is 2.17. The van der Waals surface area contributed by atoms with E-state index in [0.29, 0.717) is 13.0 Å². The van der Waals surface area contributed by atoms with Crippen LogP contribution in [0.3, 0.4) is 0 Å². The summed E-state index contributed by atoms with van der Waals surface area (Å²) in [5.74, 6) is -0.956. The van der Waals surface area contributed by atoms with E-state index >= 15 is 0 Å². The van der Waals surface area contributed by atoms with E-state index in [1.54, 1.807) is 0 Å². The van der Waals surface area contributed by atoms with E-state index in [1.165, 1.54) is 0 Å². The molecular formula is C10H20O4. The smallest absolute Gasteiger partial charge is 0.336 e. The van der Waals surface area contributed by atoms with E-state index in [-0.39, 0.29) is 0 Å². The molecule has 14 heavy (non-hydrogen) atoms. The Morgan fingerprint density at radius 1 is 1.29 bits per heavy atom. The van der Waals surface area contributed by atoms with Crippen molar-refractivity contribution in [3.8, 4) is 0 Å². The van der Waals surface area contributed by atoms with Crippen molar-refractivity contribution in [2.45, 2.75) is 52.1 Å². The number of unbranched alkanes of at least 4 members (excludes halogenated alkanes) is 2. The maximum absolute atomic E-state index is 10.6. The van der Waals surface area contributed by atoms with E-state index in [0.717, 1.165) is 25.7 Å². The number of carboxylic acids is 1. The zero-order valence-electron chi connectivity index (χ0n) is 8.99. The average molecular weight is 204 g/mol. The molecule has 0 spiro atoms. The lowest BCUT2D eigenvalue weighted by atomic mass is 10.2. The summed E-state index contributed by atoms with van der Waals surface area (Å²) < 4.78 is 0. The van der Waals surface area contributed by atoms with Gasteiger partial charge in [-0.15, -0.1) is 0 Å². The zero-order chi connectivity index (χ0) is 10.8. The van der Waals surface area contributed by atoms with Crippen molar-refractivity contribution in [2.75, 3.05) is 6.61 Å². The molecule has 0 aliphatic heterocycles. The van der Waals surface area contributed by atoms with Crippen LogP contribution in [0.15, 0.2) is 0 Å². The Balaban J connectivity index is 3.46. The summed E-state index contributed by atoms with van der Waals surface area (Å²) in [7, 11) is 0. The summed E-state index contributed by atoms with van der Waals surface area (Å²) in [5, 5.41) is 8.70. The molecule has 1 unspecified atom stereocenters. The van der Waals surface area contributed by atoms with E-state index in [2.05, 4.69) is 6.92 Å². The Morgan fingerprint density at radius 2 is 2.00 bits per heavy atom. The average Bonchev–Trinajstić information content (AvgIpc) is 2.15. The van der Waals surface area contributed by atoms with E-state index in [4.69, 9.17) is 14.9 Å². The lowest BCUT2D eigenvalue weighted by Crippen LogP contribution is -2.24. The molecule has 1 N–H and O–H groups in total. The molecule has 0 aromatic heterocycles. The Kier molecular flexibility index (Phi) is 8.57. The first-order valence-corrected chi connectivity index (χ1v) is 5.23. The quantitative estimate of drug-likeness (QED) is 0.356. The van der Waals surface area contributed by atoms with Crippen molar-refractivity contribution in [3.63, 3.8) is 0 Å². The third kappa shape index (κ3) is 6.86. The second-order valence-corrected chi connectivity index (χ2v) is 3.24. The molecular weight excluding hydrogens is 184 g/mol. The van der Waals surface area contributed by atoms with Crippen LogP contribution < -0.4 is 0 Å². The third-order valence-corrected chi connectivity index (χ3v) is 1.84. The second-order valence-electron chi connectivity index (χ2n) is 3.24. The van der Waals surface area contributed by atoms with E-state index in [9.17, 15) is 4.79 Å². The van der Waals surface area contributed by atoms with E-state index < -0.39 is 12.1 Å². The molecule has 0 fully saturated rings. The summed E-state index contributed by atoms with van der Waals surface area (Å²) in [6.07, 6.45) is 3.55. The van der Waals surface area contributed by atoms with Gasteiger partial charge in [-0.3, -0.25) is 0 Å². The predicted octanol–water partition coefficient (Wildman–Crippen LogP) is 2.38. The first kappa shape index (κ1) is 13.4. The molecule has 0 aromatic carbocycles. The number of hydrogen-bond donors (Lipinski definition) is 1. The monoisotopic (exact) mass is 204 g/mol. The van der Waals surface area contributed by atoms with Crippen LogP contribution in [0.2, 0.25) is 0 Å². The van der Waals surface area contributed by atoms with Gasteiger partial charge in [0.25, 0.3) is 0 Å². The maximum atomic E-state index is 10.6.